The number of allylic oxidation sites excluding steroid dienone is 2. The molecule has 0 aromatic carbocycles. The highest BCUT2D eigenvalue weighted by Crippen LogP contribution is 2.25. The lowest BCUT2D eigenvalue weighted by atomic mass is 10.0. The first-order chi connectivity index (χ1) is 10.5. The van der Waals surface area contributed by atoms with E-state index in [4.69, 9.17) is 0 Å². The lowest BCUT2D eigenvalue weighted by Crippen LogP contribution is -2.53. The molecule has 0 bridgehead atoms. The Labute approximate surface area is 131 Å². The van der Waals surface area contributed by atoms with E-state index in [9.17, 15) is 14.4 Å². The monoisotopic (exact) mass is 304 g/mol. The molecule has 0 aromatic heterocycles. The zero-order chi connectivity index (χ0) is 16.7. The average Bonchev–Trinajstić information content (AvgIpc) is 2.74. The molecule has 2 aliphatic heterocycles. The molecule has 0 aliphatic carbocycles. The fourth-order valence-electron chi connectivity index (χ4n) is 2.40. The average molecular weight is 304 g/mol. The number of hydrogen-bond donors (Lipinski definition) is 1. The van der Waals surface area contributed by atoms with E-state index in [0.717, 1.165) is 12.0 Å². The molecule has 2 heterocycles. The highest BCUT2D eigenvalue weighted by Gasteiger charge is 2.38. The normalized spacial score (nSPS) is 21.9. The van der Waals surface area contributed by atoms with Crippen LogP contribution in [-0.2, 0) is 14.4 Å². The molecule has 3 amide bonds. The molecule has 0 radical (unpaired) electrons. The third-order valence-electron chi connectivity index (χ3n) is 3.55. The Morgan fingerprint density at radius 2 is 2.00 bits per heavy atom. The molecule has 22 heavy (non-hydrogen) atoms. The van der Waals surface area contributed by atoms with Gasteiger partial charge in [0.15, 0.2) is 0 Å². The number of nitrogens with one attached hydrogen (secondary N) is 1. The minimum absolute atomic E-state index is 0.106. The van der Waals surface area contributed by atoms with Gasteiger partial charge in [-0.25, -0.2) is 0 Å². The van der Waals surface area contributed by atoms with Crippen molar-refractivity contribution in [2.24, 2.45) is 0 Å². The van der Waals surface area contributed by atoms with E-state index in [-0.39, 0.29) is 17.7 Å². The van der Waals surface area contributed by atoms with Gasteiger partial charge in [0.2, 0.25) is 11.8 Å². The molecule has 2 aliphatic rings. The highest BCUT2D eigenvalue weighted by atomic mass is 16.2. The summed E-state index contributed by atoms with van der Waals surface area (Å²) in [7, 11) is 0. The standard InChI is InChI=1S/C14H18N2O3.C3H6/c1-3-4-5-10-8-16(14(19)9(10)2)11-6-7-12(17)15-13(11)18;1-3-2/h4-5,11H,3,6-8H2,1-2H3,(H,15,17,18);3H,1H2,2H3/b5-4-;. The molecule has 1 fully saturated rings. The second-order valence-corrected chi connectivity index (χ2v) is 5.27. The fraction of sp³-hybridized carbons (Fsp3) is 0.471. The molecule has 1 saturated heterocycles. The lowest BCUT2D eigenvalue weighted by Gasteiger charge is -2.29. The SMILES string of the molecule is C=CC.CC/C=C\C1=C(C)C(=O)N(C2CCC(=O)NC2=O)C1. The summed E-state index contributed by atoms with van der Waals surface area (Å²) >= 11 is 0. The van der Waals surface area contributed by atoms with Gasteiger partial charge >= 0.3 is 0 Å². The largest absolute Gasteiger partial charge is 0.323 e. The maximum absolute atomic E-state index is 12.2. The van der Waals surface area contributed by atoms with Crippen LogP contribution in [0.15, 0.2) is 36.0 Å². The summed E-state index contributed by atoms with van der Waals surface area (Å²) in [5.41, 5.74) is 1.64. The molecule has 0 spiro atoms. The molecule has 2 rings (SSSR count). The van der Waals surface area contributed by atoms with E-state index in [0.29, 0.717) is 25.0 Å². The highest BCUT2D eigenvalue weighted by molar-refractivity contribution is 6.04. The Bertz CT molecular complexity index is 532. The van der Waals surface area contributed by atoms with Gasteiger partial charge < -0.3 is 4.90 Å². The summed E-state index contributed by atoms with van der Waals surface area (Å²) in [4.78, 5) is 36.7. The van der Waals surface area contributed by atoms with Crippen LogP contribution in [-0.4, -0.2) is 35.2 Å². The number of rotatable bonds is 3. The molecule has 1 N–H and O–H groups in total. The first-order valence-corrected chi connectivity index (χ1v) is 7.54. The van der Waals surface area contributed by atoms with Crippen molar-refractivity contribution in [2.75, 3.05) is 6.54 Å². The Hall–Kier alpha value is -2.17. The number of hydrogen-bond acceptors (Lipinski definition) is 3. The maximum Gasteiger partial charge on any atom is 0.250 e. The van der Waals surface area contributed by atoms with Crippen molar-refractivity contribution in [1.82, 2.24) is 10.2 Å². The van der Waals surface area contributed by atoms with Crippen LogP contribution in [0.3, 0.4) is 0 Å². The minimum Gasteiger partial charge on any atom is -0.323 e. The van der Waals surface area contributed by atoms with Gasteiger partial charge in [-0.2, -0.15) is 0 Å². The van der Waals surface area contributed by atoms with Crippen LogP contribution in [0, 0.1) is 0 Å². The van der Waals surface area contributed by atoms with Gasteiger partial charge in [-0.3, -0.25) is 19.7 Å². The smallest absolute Gasteiger partial charge is 0.250 e. The molecule has 5 heteroatoms. The second kappa shape index (κ2) is 8.32. The first kappa shape index (κ1) is 17.9. The van der Waals surface area contributed by atoms with Crippen LogP contribution in [0.4, 0.5) is 0 Å². The molecule has 1 unspecified atom stereocenters. The molecular weight excluding hydrogens is 280 g/mol. The van der Waals surface area contributed by atoms with Crippen LogP contribution >= 0.6 is 0 Å². The predicted octanol–water partition coefficient (Wildman–Crippen LogP) is 2.11. The second-order valence-electron chi connectivity index (χ2n) is 5.27. The van der Waals surface area contributed by atoms with E-state index in [1.807, 2.05) is 26.0 Å². The summed E-state index contributed by atoms with van der Waals surface area (Å²) in [5, 5.41) is 2.29. The Morgan fingerprint density at radius 1 is 1.36 bits per heavy atom. The molecule has 0 aromatic rings. The number of nitrogens with zero attached hydrogens (tertiary/aromatic N) is 1. The van der Waals surface area contributed by atoms with Gasteiger partial charge in [-0.05, 0) is 32.3 Å². The minimum atomic E-state index is -0.521. The van der Waals surface area contributed by atoms with Gasteiger partial charge in [-0.15, -0.1) is 6.58 Å². The molecular formula is C17H24N2O3. The number of carbonyl (C=O) groups is 3. The van der Waals surface area contributed by atoms with Crippen LogP contribution in [0.2, 0.25) is 0 Å². The van der Waals surface area contributed by atoms with E-state index < -0.39 is 6.04 Å². The Morgan fingerprint density at radius 3 is 2.55 bits per heavy atom. The zero-order valence-corrected chi connectivity index (χ0v) is 13.5. The zero-order valence-electron chi connectivity index (χ0n) is 13.5. The summed E-state index contributed by atoms with van der Waals surface area (Å²) in [6.07, 6.45) is 7.30. The maximum atomic E-state index is 12.2. The van der Waals surface area contributed by atoms with E-state index >= 15 is 0 Å². The summed E-state index contributed by atoms with van der Waals surface area (Å²) in [6.45, 7) is 9.51. The quantitative estimate of drug-likeness (QED) is 0.641. The molecule has 120 valence electrons. The lowest BCUT2D eigenvalue weighted by molar-refractivity contribution is -0.142. The summed E-state index contributed by atoms with van der Waals surface area (Å²) in [6, 6.07) is -0.521. The van der Waals surface area contributed by atoms with Crippen LogP contribution < -0.4 is 5.32 Å². The van der Waals surface area contributed by atoms with E-state index in [1.54, 1.807) is 17.9 Å². The van der Waals surface area contributed by atoms with Gasteiger partial charge in [0, 0.05) is 18.5 Å². The Balaban J connectivity index is 0.000000745. The van der Waals surface area contributed by atoms with E-state index in [1.165, 1.54) is 0 Å². The van der Waals surface area contributed by atoms with Crippen LogP contribution in [0.1, 0.15) is 40.0 Å². The number of carbonyl (C=O) groups excluding carboxylic acids is 3. The van der Waals surface area contributed by atoms with Crippen molar-refractivity contribution in [1.29, 1.82) is 0 Å². The predicted molar refractivity (Wildman–Crippen MR) is 85.9 cm³/mol. The molecule has 5 nitrogen and oxygen atoms in total. The summed E-state index contributed by atoms with van der Waals surface area (Å²) in [5.74, 6) is -0.730. The van der Waals surface area contributed by atoms with Crippen molar-refractivity contribution < 1.29 is 14.4 Å². The molecule has 0 saturated carbocycles. The van der Waals surface area contributed by atoms with Gasteiger partial charge in [0.25, 0.3) is 5.91 Å². The van der Waals surface area contributed by atoms with E-state index in [2.05, 4.69) is 11.9 Å². The topological polar surface area (TPSA) is 66.5 Å². The van der Waals surface area contributed by atoms with Crippen LogP contribution in [0.25, 0.3) is 0 Å². The third kappa shape index (κ3) is 4.16. The third-order valence-corrected chi connectivity index (χ3v) is 3.55. The number of amides is 3. The Kier molecular flexibility index (Phi) is 6.76. The van der Waals surface area contributed by atoms with Crippen molar-refractivity contribution in [3.8, 4) is 0 Å². The van der Waals surface area contributed by atoms with Crippen molar-refractivity contribution >= 4 is 17.7 Å². The van der Waals surface area contributed by atoms with Gasteiger partial charge in [0.1, 0.15) is 6.04 Å². The van der Waals surface area contributed by atoms with Crippen LogP contribution in [0.5, 0.6) is 0 Å². The van der Waals surface area contributed by atoms with Gasteiger partial charge in [-0.1, -0.05) is 25.2 Å². The first-order valence-electron chi connectivity index (χ1n) is 7.54. The van der Waals surface area contributed by atoms with Gasteiger partial charge in [0.05, 0.1) is 0 Å². The number of imide groups is 1. The van der Waals surface area contributed by atoms with Crippen molar-refractivity contribution in [2.45, 2.75) is 46.1 Å². The number of piperidine rings is 1. The fourth-order valence-corrected chi connectivity index (χ4v) is 2.40. The summed E-state index contributed by atoms with van der Waals surface area (Å²) < 4.78 is 0. The van der Waals surface area contributed by atoms with Crippen molar-refractivity contribution in [3.63, 3.8) is 0 Å². The molecule has 1 atom stereocenters. The van der Waals surface area contributed by atoms with Crippen molar-refractivity contribution in [3.05, 3.63) is 36.0 Å².